The lowest BCUT2D eigenvalue weighted by molar-refractivity contribution is -0.151. The molecule has 4 aliphatic rings. The molecule has 0 spiro atoms. The number of pyridine rings is 1. The number of alkyl carbamates (subject to hydrolysis) is 1. The Balaban J connectivity index is 1.19. The van der Waals surface area contributed by atoms with Gasteiger partial charge in [0.05, 0.1) is 42.0 Å². The van der Waals surface area contributed by atoms with E-state index in [4.69, 9.17) is 28.4 Å². The van der Waals surface area contributed by atoms with Crippen molar-refractivity contribution in [3.05, 3.63) is 101 Å². The third-order valence-corrected chi connectivity index (χ3v) is 22.8. The van der Waals surface area contributed by atoms with Crippen LogP contribution in [0.25, 0.3) is 33.3 Å². The molecule has 3 aromatic carbocycles. The molecule has 5 aromatic rings. The van der Waals surface area contributed by atoms with Gasteiger partial charge in [0.25, 0.3) is 14.2 Å². The normalized spacial score (nSPS) is 20.9. The first-order valence-electron chi connectivity index (χ1n) is 28.9. The minimum Gasteiger partial charge on any atom is -0.543 e. The van der Waals surface area contributed by atoms with Crippen molar-refractivity contribution in [1.29, 1.82) is 0 Å². The highest BCUT2D eigenvalue weighted by Crippen LogP contribution is 2.47. The number of fused-ring (bicyclic) bond motifs is 9. The highest BCUT2D eigenvalue weighted by Gasteiger charge is 2.59. The summed E-state index contributed by atoms with van der Waals surface area (Å²) in [5.41, 5.74) is 12.1. The molecule has 16 nitrogen and oxygen atoms in total. The molecule has 1 aliphatic carbocycles. The van der Waals surface area contributed by atoms with Crippen molar-refractivity contribution in [1.82, 2.24) is 30.2 Å². The number of hydrogen-bond donors (Lipinski definition) is 2. The van der Waals surface area contributed by atoms with Gasteiger partial charge in [0, 0.05) is 74.1 Å². The predicted octanol–water partition coefficient (Wildman–Crippen LogP) is 11.8. The topological polar surface area (TPSA) is 166 Å². The fourth-order valence-corrected chi connectivity index (χ4v) is 18.0. The summed E-state index contributed by atoms with van der Waals surface area (Å²) in [5.74, 6) is -0.184. The molecule has 17 heteroatoms. The number of aryl methyl sites for hydroxylation is 1. The lowest BCUT2D eigenvalue weighted by Gasteiger charge is -2.42. The van der Waals surface area contributed by atoms with Crippen LogP contribution in [0.1, 0.15) is 125 Å². The fraction of sp³-hybridized carbons (Fsp3) is 0.540. The molecular weight excluding hydrogens is 1030 g/mol. The van der Waals surface area contributed by atoms with Crippen molar-refractivity contribution in [2.45, 2.75) is 169 Å². The summed E-state index contributed by atoms with van der Waals surface area (Å²) in [7, 11) is -0.813. The van der Waals surface area contributed by atoms with Crippen LogP contribution in [-0.4, -0.2) is 115 Å². The molecule has 3 fully saturated rings. The molecule has 3 aliphatic heterocycles. The second kappa shape index (κ2) is 23.2. The van der Waals surface area contributed by atoms with Crippen LogP contribution < -0.4 is 20.1 Å². The quantitative estimate of drug-likeness (QED) is 0.0652. The molecule has 1 saturated carbocycles. The lowest BCUT2D eigenvalue weighted by Crippen LogP contribution is -2.56. The zero-order valence-electron chi connectivity index (χ0n) is 49.6. The summed E-state index contributed by atoms with van der Waals surface area (Å²) in [6.45, 7) is 30.6. The Bertz CT molecular complexity index is 3070. The molecule has 2 saturated heterocycles. The van der Waals surface area contributed by atoms with Gasteiger partial charge in [-0.05, 0) is 122 Å². The number of anilines is 1. The monoisotopic (exact) mass is 1110 g/mol. The summed E-state index contributed by atoms with van der Waals surface area (Å²) in [4.78, 5) is 65.4. The number of nitrogens with zero attached hydrogens (tertiary/aromatic N) is 5. The Kier molecular flexibility index (Phi) is 16.9. The molecule has 5 atom stereocenters. The van der Waals surface area contributed by atoms with Crippen LogP contribution in [0.3, 0.4) is 0 Å². The number of rotatable bonds is 13. The van der Waals surface area contributed by atoms with Crippen LogP contribution in [0.15, 0.2) is 79.0 Å². The molecule has 0 radical (unpaired) electrons. The maximum Gasteiger partial charge on any atom is 0.410 e. The Hall–Kier alpha value is -6.43. The van der Waals surface area contributed by atoms with E-state index in [1.165, 1.54) is 0 Å². The van der Waals surface area contributed by atoms with Crippen LogP contribution in [0.2, 0.25) is 16.6 Å². The first kappa shape index (κ1) is 58.2. The number of benzene rings is 3. The number of ether oxygens (including phenoxy) is 4. The lowest BCUT2D eigenvalue weighted by atomic mass is 9.84. The van der Waals surface area contributed by atoms with Gasteiger partial charge >= 0.3 is 18.2 Å². The predicted molar refractivity (Wildman–Crippen MR) is 315 cm³/mol. The van der Waals surface area contributed by atoms with Gasteiger partial charge in [0.15, 0.2) is 0 Å². The number of methoxy groups -OCH3 is 1. The molecule has 3 unspecified atom stereocenters. The highest BCUT2D eigenvalue weighted by atomic mass is 28.4. The van der Waals surface area contributed by atoms with E-state index < -0.39 is 43.5 Å². The Morgan fingerprint density at radius 3 is 2.25 bits per heavy atom. The minimum absolute atomic E-state index is 0.115. The molecule has 6 bridgehead atoms. The van der Waals surface area contributed by atoms with Gasteiger partial charge in [0.1, 0.15) is 30.0 Å². The third kappa shape index (κ3) is 12.1. The van der Waals surface area contributed by atoms with Gasteiger partial charge in [0.2, 0.25) is 0 Å². The number of hydrazine groups is 1. The van der Waals surface area contributed by atoms with E-state index in [-0.39, 0.29) is 66.3 Å². The number of nitrogens with one attached hydrogen (secondary N) is 2. The Labute approximate surface area is 474 Å². The van der Waals surface area contributed by atoms with Crippen molar-refractivity contribution < 1.29 is 42.6 Å². The van der Waals surface area contributed by atoms with Crippen LogP contribution in [0, 0.1) is 11.3 Å². The average Bonchev–Trinajstić information content (AvgIpc) is 4.26. The average molecular weight is 1110 g/mol. The third-order valence-electron chi connectivity index (χ3n) is 16.8. The Morgan fingerprint density at radius 1 is 0.900 bits per heavy atom. The summed E-state index contributed by atoms with van der Waals surface area (Å²) in [5, 5.41) is 5.54. The van der Waals surface area contributed by atoms with E-state index >= 15 is 0 Å². The number of aromatic nitrogens is 2. The zero-order valence-corrected chi connectivity index (χ0v) is 50.6. The first-order valence-corrected chi connectivity index (χ1v) is 31.0. The van der Waals surface area contributed by atoms with E-state index in [0.717, 1.165) is 67.1 Å². The van der Waals surface area contributed by atoms with E-state index in [9.17, 15) is 19.2 Å². The Morgan fingerprint density at radius 2 is 1.60 bits per heavy atom. The number of cyclic esters (lactones) is 1. The number of hydrogen-bond acceptors (Lipinski definition) is 12. The standard InChI is InChI=1S/C63H85N7O9Si/c1-15-69-53-22-21-44-31-48(53)51(57(69)50-32-46(35-64-55(50)41(8)75-14)67-23-25-68(26-24-67)61(74)76-36-42-19-17-16-18-20-42)34-63(12,13)37-77-59(72)56-49-33-54(49)70(66-56)58(71)52(65-60(73)78-62(9,10)11)29-43-27-45(44)30-47(28-43)79-80(38(2)3,39(4)5)40(6)7/h16-22,27-28,30-32,35,38-41,49,52,54,56,66H,15,23-26,29,33-34,36-37H2,1-14H3,(H,65,73)/t41-,49?,52-,54?,56?/m0/s1. The molecule has 80 heavy (non-hydrogen) atoms. The molecule has 2 aromatic heterocycles. The van der Waals surface area contributed by atoms with Gasteiger partial charge < -0.3 is 43.1 Å². The van der Waals surface area contributed by atoms with Gasteiger partial charge in [-0.25, -0.2) is 15.0 Å². The molecule has 9 rings (SSSR count). The first-order chi connectivity index (χ1) is 37.9. The van der Waals surface area contributed by atoms with Gasteiger partial charge in [-0.3, -0.25) is 19.6 Å². The largest absolute Gasteiger partial charge is 0.543 e. The number of amides is 3. The van der Waals surface area contributed by atoms with E-state index in [0.29, 0.717) is 45.6 Å². The summed E-state index contributed by atoms with van der Waals surface area (Å²) < 4.78 is 33.7. The molecule has 2 N–H and O–H groups in total. The summed E-state index contributed by atoms with van der Waals surface area (Å²) in [6, 6.07) is 22.8. The molecular formula is C63H85N7O9Si. The van der Waals surface area contributed by atoms with Crippen LogP contribution in [0.5, 0.6) is 5.75 Å². The number of carbonyl (C=O) groups is 4. The van der Waals surface area contributed by atoms with Crippen molar-refractivity contribution in [2.24, 2.45) is 11.3 Å². The van der Waals surface area contributed by atoms with Gasteiger partial charge in [-0.1, -0.05) is 97.9 Å². The second-order valence-electron chi connectivity index (χ2n) is 25.2. The molecule has 430 valence electrons. The van der Waals surface area contributed by atoms with Gasteiger partial charge in [-0.15, -0.1) is 0 Å². The number of piperazine rings is 1. The van der Waals surface area contributed by atoms with Gasteiger partial charge in [-0.2, -0.15) is 0 Å². The molecule has 3 amide bonds. The molecule has 5 heterocycles. The smallest absolute Gasteiger partial charge is 0.410 e. The van der Waals surface area contributed by atoms with Crippen LogP contribution in [-0.2, 0) is 54.5 Å². The highest BCUT2D eigenvalue weighted by molar-refractivity contribution is 6.78. The number of esters is 1. The maximum absolute atomic E-state index is 14.9. The van der Waals surface area contributed by atoms with E-state index in [1.54, 1.807) is 37.8 Å². The number of carbonyl (C=O) groups excluding carboxylic acids is 4. The summed E-state index contributed by atoms with van der Waals surface area (Å²) >= 11 is 0. The SMILES string of the molecule is CCn1c(-c2cc(N3CCN(C(=O)OCc4ccccc4)CC3)cnc2[C@H](C)OC)c2c3cc(ccc31)-c1cc(cc(O[Si](C(C)C)(C(C)C)C(C)C)c1)C[C@H](NC(=O)OC(C)(C)C)C(=O)N1NC(C(=O)OCC(C)(C)C2)C2CC21. The van der Waals surface area contributed by atoms with Crippen molar-refractivity contribution >= 4 is 49.0 Å². The van der Waals surface area contributed by atoms with Crippen molar-refractivity contribution in [2.75, 3.05) is 44.8 Å². The second-order valence-corrected chi connectivity index (χ2v) is 30.6. The van der Waals surface area contributed by atoms with Crippen LogP contribution in [0.4, 0.5) is 15.3 Å². The maximum atomic E-state index is 14.9. The van der Waals surface area contributed by atoms with E-state index in [1.807, 2.05) is 49.5 Å². The van der Waals surface area contributed by atoms with Crippen molar-refractivity contribution in [3.63, 3.8) is 0 Å². The fourth-order valence-electron chi connectivity index (χ4n) is 12.8. The van der Waals surface area contributed by atoms with Crippen LogP contribution >= 0.6 is 0 Å². The minimum atomic E-state index is -2.52. The summed E-state index contributed by atoms with van der Waals surface area (Å²) in [6.07, 6.45) is 1.81. The van der Waals surface area contributed by atoms with E-state index in [2.05, 4.69) is 119 Å². The zero-order chi connectivity index (χ0) is 57.6. The van der Waals surface area contributed by atoms with Crippen molar-refractivity contribution in [3.8, 4) is 28.1 Å².